The van der Waals surface area contributed by atoms with Crippen molar-refractivity contribution in [1.82, 2.24) is 0 Å². The van der Waals surface area contributed by atoms with Gasteiger partial charge in [0.1, 0.15) is 11.6 Å². The van der Waals surface area contributed by atoms with Crippen molar-refractivity contribution < 1.29 is 14.4 Å². The minimum Gasteiger partial charge on any atom is -0.300 e. The Morgan fingerprint density at radius 3 is 2.16 bits per heavy atom. The fraction of sp³-hybridized carbons (Fsp3) is 0.559. The molecule has 0 aliphatic heterocycles. The van der Waals surface area contributed by atoms with Crippen LogP contribution in [0.15, 0.2) is 42.5 Å². The molecule has 3 rings (SSSR count). The van der Waals surface area contributed by atoms with Gasteiger partial charge >= 0.3 is 0 Å². The highest BCUT2D eigenvalue weighted by Gasteiger charge is 2.32. The number of hydrogen-bond acceptors (Lipinski definition) is 3. The van der Waals surface area contributed by atoms with Crippen molar-refractivity contribution in [2.75, 3.05) is 0 Å². The molecule has 3 unspecified atom stereocenters. The zero-order valence-corrected chi connectivity index (χ0v) is 24.4. The average Bonchev–Trinajstić information content (AvgIpc) is 2.79. The number of hydrogen-bond donors (Lipinski definition) is 0. The summed E-state index contributed by atoms with van der Waals surface area (Å²) in [6.07, 6.45) is 5.21. The van der Waals surface area contributed by atoms with Gasteiger partial charge in [-0.25, -0.2) is 0 Å². The van der Waals surface area contributed by atoms with Crippen LogP contribution in [-0.4, -0.2) is 17.3 Å². The monoisotopic (exact) mass is 504 g/mol. The molecule has 0 aromatic heterocycles. The Kier molecular flexibility index (Phi) is 11.5. The van der Waals surface area contributed by atoms with Gasteiger partial charge in [0.25, 0.3) is 0 Å². The van der Waals surface area contributed by atoms with Crippen LogP contribution >= 0.6 is 0 Å². The summed E-state index contributed by atoms with van der Waals surface area (Å²) in [5, 5.41) is 0. The van der Waals surface area contributed by atoms with Crippen molar-refractivity contribution in [3.63, 3.8) is 0 Å². The summed E-state index contributed by atoms with van der Waals surface area (Å²) in [7, 11) is 0. The normalized spacial score (nSPS) is 16.8. The number of Topliss-reactive ketones (excluding diaryl/α,β-unsaturated/α-hetero) is 3. The van der Waals surface area contributed by atoms with Crippen LogP contribution in [0.3, 0.4) is 0 Å². The van der Waals surface area contributed by atoms with Gasteiger partial charge in [-0.05, 0) is 74.0 Å². The standard InChI is InChI=1S/C23H32O3.C11H16/c1-5-8-18(20(6-2)21(25)11-16(4)24)12-17-13-19-10-7-9-15(3)23(19)22(26)14-17;1-9-5-7-10(8-6-9)11(2,3)4/h7,9-10,17-18,20H,5-6,8,11-14H2,1-4H3;5-8H,1-4H3. The van der Waals surface area contributed by atoms with E-state index in [2.05, 4.69) is 65.0 Å². The smallest absolute Gasteiger partial charge is 0.163 e. The van der Waals surface area contributed by atoms with Gasteiger partial charge in [-0.1, -0.05) is 95.5 Å². The van der Waals surface area contributed by atoms with Crippen LogP contribution in [0.5, 0.6) is 0 Å². The molecule has 2 aromatic carbocycles. The topological polar surface area (TPSA) is 51.2 Å². The average molecular weight is 505 g/mol. The molecule has 3 atom stereocenters. The predicted molar refractivity (Wildman–Crippen MR) is 154 cm³/mol. The minimum absolute atomic E-state index is 0.0460. The summed E-state index contributed by atoms with van der Waals surface area (Å²) in [6, 6.07) is 14.8. The molecule has 3 nitrogen and oxygen atoms in total. The van der Waals surface area contributed by atoms with E-state index in [1.54, 1.807) is 0 Å². The number of carbonyl (C=O) groups excluding carboxylic acids is 3. The summed E-state index contributed by atoms with van der Waals surface area (Å²) in [6.45, 7) is 16.5. The zero-order valence-electron chi connectivity index (χ0n) is 24.4. The third-order valence-electron chi connectivity index (χ3n) is 7.68. The third kappa shape index (κ3) is 9.05. The molecule has 0 fully saturated rings. The lowest BCUT2D eigenvalue weighted by molar-refractivity contribution is -0.129. The van der Waals surface area contributed by atoms with Gasteiger partial charge in [0.2, 0.25) is 0 Å². The maximum absolute atomic E-state index is 12.7. The van der Waals surface area contributed by atoms with Crippen LogP contribution in [0.2, 0.25) is 0 Å². The Bertz CT molecular complexity index is 1060. The fourth-order valence-electron chi connectivity index (χ4n) is 5.75. The molecule has 0 amide bonds. The van der Waals surface area contributed by atoms with Crippen molar-refractivity contribution >= 4 is 17.3 Å². The van der Waals surface area contributed by atoms with Gasteiger partial charge in [0.15, 0.2) is 5.78 Å². The van der Waals surface area contributed by atoms with Crippen molar-refractivity contribution in [3.8, 4) is 0 Å². The summed E-state index contributed by atoms with van der Waals surface area (Å²) < 4.78 is 0. The Morgan fingerprint density at radius 1 is 0.973 bits per heavy atom. The van der Waals surface area contributed by atoms with Crippen molar-refractivity contribution in [3.05, 3.63) is 70.3 Å². The maximum atomic E-state index is 12.7. The lowest BCUT2D eigenvalue weighted by atomic mass is 9.72. The van der Waals surface area contributed by atoms with Gasteiger partial charge in [0, 0.05) is 17.9 Å². The number of rotatable bonds is 9. The summed E-state index contributed by atoms with van der Waals surface area (Å²) >= 11 is 0. The predicted octanol–water partition coefficient (Wildman–Crippen LogP) is 8.41. The molecule has 0 saturated carbocycles. The highest BCUT2D eigenvalue weighted by atomic mass is 16.1. The van der Waals surface area contributed by atoms with E-state index in [1.165, 1.54) is 18.1 Å². The number of benzene rings is 2. The van der Waals surface area contributed by atoms with E-state index in [9.17, 15) is 14.4 Å². The minimum atomic E-state index is -0.0622. The van der Waals surface area contributed by atoms with Gasteiger partial charge < -0.3 is 0 Å². The highest BCUT2D eigenvalue weighted by Crippen LogP contribution is 2.36. The van der Waals surface area contributed by atoms with Crippen LogP contribution < -0.4 is 0 Å². The first-order valence-corrected chi connectivity index (χ1v) is 14.1. The molecule has 2 aromatic rings. The molecular weight excluding hydrogens is 456 g/mol. The van der Waals surface area contributed by atoms with Crippen molar-refractivity contribution in [2.45, 2.75) is 106 Å². The second-order valence-corrected chi connectivity index (χ2v) is 12.1. The van der Waals surface area contributed by atoms with Gasteiger partial charge in [0.05, 0.1) is 6.42 Å². The molecule has 3 heteroatoms. The van der Waals surface area contributed by atoms with Crippen molar-refractivity contribution in [2.24, 2.45) is 17.8 Å². The second-order valence-electron chi connectivity index (χ2n) is 12.1. The summed E-state index contributed by atoms with van der Waals surface area (Å²) in [5.74, 6) is 0.770. The first-order valence-electron chi connectivity index (χ1n) is 14.1. The van der Waals surface area contributed by atoms with E-state index in [1.807, 2.05) is 26.0 Å². The highest BCUT2D eigenvalue weighted by molar-refractivity contribution is 6.00. The third-order valence-corrected chi connectivity index (χ3v) is 7.68. The Morgan fingerprint density at radius 2 is 1.62 bits per heavy atom. The molecule has 0 N–H and O–H groups in total. The van der Waals surface area contributed by atoms with E-state index in [0.717, 1.165) is 48.8 Å². The van der Waals surface area contributed by atoms with E-state index >= 15 is 0 Å². The van der Waals surface area contributed by atoms with Crippen molar-refractivity contribution in [1.29, 1.82) is 0 Å². The molecule has 0 spiro atoms. The fourth-order valence-corrected chi connectivity index (χ4v) is 5.75. The van der Waals surface area contributed by atoms with Gasteiger partial charge in [-0.15, -0.1) is 0 Å². The SMILES string of the molecule is CCCC(CC1CC(=O)c2c(C)cccc2C1)C(CC)C(=O)CC(C)=O.Cc1ccc(C(C)(C)C)cc1. The Hall–Kier alpha value is -2.55. The molecule has 0 heterocycles. The molecule has 1 aliphatic rings. The van der Waals surface area contributed by atoms with E-state index in [0.29, 0.717) is 12.3 Å². The van der Waals surface area contributed by atoms with E-state index in [-0.39, 0.29) is 41.0 Å². The Labute approximate surface area is 225 Å². The first-order chi connectivity index (χ1) is 17.4. The first kappa shape index (κ1) is 30.7. The largest absolute Gasteiger partial charge is 0.300 e. The van der Waals surface area contributed by atoms with Crippen LogP contribution in [-0.2, 0) is 21.4 Å². The number of carbonyl (C=O) groups is 3. The molecular formula is C34H48O3. The van der Waals surface area contributed by atoms with Crippen LogP contribution in [0.4, 0.5) is 0 Å². The van der Waals surface area contributed by atoms with Crippen LogP contribution in [0.1, 0.15) is 113 Å². The van der Waals surface area contributed by atoms with Crippen LogP contribution in [0, 0.1) is 31.6 Å². The molecule has 0 bridgehead atoms. The number of ketones is 3. The summed E-state index contributed by atoms with van der Waals surface area (Å²) in [4.78, 5) is 36.6. The maximum Gasteiger partial charge on any atom is 0.163 e. The quantitative estimate of drug-likeness (QED) is 0.322. The van der Waals surface area contributed by atoms with Crippen LogP contribution in [0.25, 0.3) is 0 Å². The number of fused-ring (bicyclic) bond motifs is 1. The van der Waals surface area contributed by atoms with E-state index in [4.69, 9.17) is 0 Å². The molecule has 1 aliphatic carbocycles. The number of aryl methyl sites for hydroxylation is 2. The molecule has 37 heavy (non-hydrogen) atoms. The molecule has 202 valence electrons. The lowest BCUT2D eigenvalue weighted by Gasteiger charge is -2.31. The Balaban J connectivity index is 0.000000364. The molecule has 0 radical (unpaired) electrons. The van der Waals surface area contributed by atoms with E-state index < -0.39 is 0 Å². The lowest BCUT2D eigenvalue weighted by Crippen LogP contribution is -2.29. The molecule has 0 saturated heterocycles. The van der Waals surface area contributed by atoms with Gasteiger partial charge in [-0.3, -0.25) is 14.4 Å². The van der Waals surface area contributed by atoms with Gasteiger partial charge in [-0.2, -0.15) is 0 Å². The summed E-state index contributed by atoms with van der Waals surface area (Å²) in [5.41, 5.74) is 6.16. The zero-order chi connectivity index (χ0) is 27.8. The second kappa shape index (κ2) is 13.8.